The molecular weight excluding hydrogens is 268 g/mol. The van der Waals surface area contributed by atoms with Gasteiger partial charge in [-0.3, -0.25) is 9.59 Å². The van der Waals surface area contributed by atoms with Gasteiger partial charge in [-0.2, -0.15) is 0 Å². The minimum atomic E-state index is -0.880. The molecule has 21 heavy (non-hydrogen) atoms. The van der Waals surface area contributed by atoms with Crippen LogP contribution in [0.1, 0.15) is 31.7 Å². The van der Waals surface area contributed by atoms with Gasteiger partial charge in [0.05, 0.1) is 12.0 Å². The van der Waals surface area contributed by atoms with Crippen molar-refractivity contribution >= 4 is 11.9 Å². The summed E-state index contributed by atoms with van der Waals surface area (Å²) in [5, 5.41) is 11.7. The predicted octanol–water partition coefficient (Wildman–Crippen LogP) is 1.56. The van der Waals surface area contributed by atoms with E-state index in [0.717, 1.165) is 18.4 Å². The van der Waals surface area contributed by atoms with Crippen LogP contribution >= 0.6 is 0 Å². The first-order valence-electron chi connectivity index (χ1n) is 7.34. The van der Waals surface area contributed by atoms with Gasteiger partial charge < -0.3 is 16.2 Å². The minimum Gasteiger partial charge on any atom is -0.481 e. The Bertz CT molecular complexity index is 448. The molecule has 1 amide bonds. The highest BCUT2D eigenvalue weighted by molar-refractivity contribution is 5.82. The van der Waals surface area contributed by atoms with Crippen LogP contribution in [-0.2, 0) is 16.0 Å². The Kier molecular flexibility index (Phi) is 7.46. The lowest BCUT2D eigenvalue weighted by Gasteiger charge is -2.15. The Morgan fingerprint density at radius 2 is 1.90 bits per heavy atom. The Morgan fingerprint density at radius 1 is 1.24 bits per heavy atom. The number of amides is 1. The molecule has 0 aromatic heterocycles. The summed E-state index contributed by atoms with van der Waals surface area (Å²) < 4.78 is 0. The summed E-state index contributed by atoms with van der Waals surface area (Å²) in [4.78, 5) is 22.9. The normalized spacial score (nSPS) is 13.4. The van der Waals surface area contributed by atoms with Crippen molar-refractivity contribution in [2.75, 3.05) is 6.54 Å². The van der Waals surface area contributed by atoms with Crippen LogP contribution < -0.4 is 11.1 Å². The Hall–Kier alpha value is -1.88. The van der Waals surface area contributed by atoms with Gasteiger partial charge in [0.25, 0.3) is 0 Å². The summed E-state index contributed by atoms with van der Waals surface area (Å²) in [6.45, 7) is 2.06. The maximum atomic E-state index is 11.9. The number of carboxylic acids is 1. The maximum absolute atomic E-state index is 11.9. The van der Waals surface area contributed by atoms with Crippen LogP contribution in [0.15, 0.2) is 30.3 Å². The maximum Gasteiger partial charge on any atom is 0.308 e. The Labute approximate surface area is 125 Å². The molecule has 2 atom stereocenters. The van der Waals surface area contributed by atoms with Gasteiger partial charge in [-0.15, -0.1) is 0 Å². The second-order valence-electron chi connectivity index (χ2n) is 5.20. The van der Waals surface area contributed by atoms with E-state index in [4.69, 9.17) is 10.8 Å². The van der Waals surface area contributed by atoms with E-state index in [1.807, 2.05) is 37.3 Å². The first-order chi connectivity index (χ1) is 10.0. The molecule has 0 aliphatic rings. The fourth-order valence-corrected chi connectivity index (χ4v) is 2.11. The van der Waals surface area contributed by atoms with E-state index in [1.165, 1.54) is 0 Å². The number of nitrogens with one attached hydrogen (secondary N) is 1. The van der Waals surface area contributed by atoms with E-state index >= 15 is 0 Å². The molecule has 0 bridgehead atoms. The van der Waals surface area contributed by atoms with E-state index in [-0.39, 0.29) is 12.5 Å². The zero-order chi connectivity index (χ0) is 15.7. The largest absolute Gasteiger partial charge is 0.481 e. The van der Waals surface area contributed by atoms with Crippen molar-refractivity contribution in [2.24, 2.45) is 11.7 Å². The quantitative estimate of drug-likeness (QED) is 0.644. The highest BCUT2D eigenvalue weighted by Gasteiger charge is 2.19. The molecule has 5 heteroatoms. The Morgan fingerprint density at radius 3 is 2.48 bits per heavy atom. The number of hydrogen-bond donors (Lipinski definition) is 3. The van der Waals surface area contributed by atoms with E-state index in [9.17, 15) is 9.59 Å². The summed E-state index contributed by atoms with van der Waals surface area (Å²) in [6, 6.07) is 9.21. The topological polar surface area (TPSA) is 92.4 Å². The fourth-order valence-electron chi connectivity index (χ4n) is 2.11. The van der Waals surface area contributed by atoms with Crippen molar-refractivity contribution in [3.8, 4) is 0 Å². The third-order valence-corrected chi connectivity index (χ3v) is 3.43. The van der Waals surface area contributed by atoms with Crippen LogP contribution in [-0.4, -0.2) is 29.6 Å². The number of carbonyl (C=O) groups is 2. The van der Waals surface area contributed by atoms with Gasteiger partial charge in [-0.1, -0.05) is 43.7 Å². The molecule has 5 nitrogen and oxygen atoms in total. The zero-order valence-electron chi connectivity index (χ0n) is 12.4. The van der Waals surface area contributed by atoms with Crippen LogP contribution in [0.2, 0.25) is 0 Å². The molecule has 1 aromatic carbocycles. The van der Waals surface area contributed by atoms with Crippen molar-refractivity contribution in [3.63, 3.8) is 0 Å². The lowest BCUT2D eigenvalue weighted by Crippen LogP contribution is -2.43. The van der Waals surface area contributed by atoms with Crippen LogP contribution in [0.5, 0.6) is 0 Å². The van der Waals surface area contributed by atoms with Crippen molar-refractivity contribution in [2.45, 2.75) is 38.6 Å². The highest BCUT2D eigenvalue weighted by Crippen LogP contribution is 2.06. The molecule has 2 unspecified atom stereocenters. The minimum absolute atomic E-state index is 0.140. The number of aryl methyl sites for hydroxylation is 1. The van der Waals surface area contributed by atoms with Gasteiger partial charge in [0.15, 0.2) is 0 Å². The third kappa shape index (κ3) is 6.40. The lowest BCUT2D eigenvalue weighted by atomic mass is 10.0. The fraction of sp³-hybridized carbons (Fsp3) is 0.500. The molecule has 0 radical (unpaired) electrons. The molecular formula is C16H24N2O3. The zero-order valence-corrected chi connectivity index (χ0v) is 12.4. The van der Waals surface area contributed by atoms with Gasteiger partial charge in [-0.05, 0) is 24.8 Å². The average Bonchev–Trinajstić information content (AvgIpc) is 2.49. The number of rotatable bonds is 9. The number of aliphatic carboxylic acids is 1. The van der Waals surface area contributed by atoms with Crippen LogP contribution in [0.25, 0.3) is 0 Å². The van der Waals surface area contributed by atoms with E-state index in [1.54, 1.807) is 0 Å². The smallest absolute Gasteiger partial charge is 0.308 e. The van der Waals surface area contributed by atoms with Gasteiger partial charge in [-0.25, -0.2) is 0 Å². The molecule has 0 saturated heterocycles. The van der Waals surface area contributed by atoms with E-state index in [0.29, 0.717) is 12.8 Å². The van der Waals surface area contributed by atoms with Crippen molar-refractivity contribution < 1.29 is 14.7 Å². The van der Waals surface area contributed by atoms with Gasteiger partial charge in [0.2, 0.25) is 5.91 Å². The molecule has 1 aromatic rings. The van der Waals surface area contributed by atoms with Crippen LogP contribution in [0.3, 0.4) is 0 Å². The average molecular weight is 292 g/mol. The van der Waals surface area contributed by atoms with Crippen molar-refractivity contribution in [1.29, 1.82) is 0 Å². The molecule has 0 saturated carbocycles. The number of carboxylic acid groups (broad SMARTS) is 1. The van der Waals surface area contributed by atoms with E-state index < -0.39 is 17.9 Å². The highest BCUT2D eigenvalue weighted by atomic mass is 16.4. The lowest BCUT2D eigenvalue weighted by molar-refractivity contribution is -0.142. The summed E-state index contributed by atoms with van der Waals surface area (Å²) in [7, 11) is 0. The molecule has 0 aliphatic heterocycles. The number of carbonyl (C=O) groups excluding carboxylic acids is 1. The van der Waals surface area contributed by atoms with Crippen LogP contribution in [0.4, 0.5) is 0 Å². The van der Waals surface area contributed by atoms with Gasteiger partial charge >= 0.3 is 5.97 Å². The van der Waals surface area contributed by atoms with Gasteiger partial charge in [0, 0.05) is 6.54 Å². The first-order valence-corrected chi connectivity index (χ1v) is 7.34. The number of hydrogen-bond acceptors (Lipinski definition) is 3. The monoisotopic (exact) mass is 292 g/mol. The first kappa shape index (κ1) is 17.2. The molecule has 0 aliphatic carbocycles. The standard InChI is InChI=1S/C16H24N2O3/c1-2-6-13(16(20)21)11-18-15(19)14(17)10-9-12-7-4-3-5-8-12/h3-5,7-8,13-14H,2,6,9-11,17H2,1H3,(H,18,19)(H,20,21). The summed E-state index contributed by atoms with van der Waals surface area (Å²) in [5.74, 6) is -1.71. The molecule has 116 valence electrons. The van der Waals surface area contributed by atoms with E-state index in [2.05, 4.69) is 5.32 Å². The second-order valence-corrected chi connectivity index (χ2v) is 5.20. The molecule has 0 heterocycles. The Balaban J connectivity index is 2.35. The third-order valence-electron chi connectivity index (χ3n) is 3.43. The van der Waals surface area contributed by atoms with Gasteiger partial charge in [0.1, 0.15) is 0 Å². The summed E-state index contributed by atoms with van der Waals surface area (Å²) >= 11 is 0. The molecule has 0 fully saturated rings. The molecule has 4 N–H and O–H groups in total. The van der Waals surface area contributed by atoms with Crippen molar-refractivity contribution in [3.05, 3.63) is 35.9 Å². The summed E-state index contributed by atoms with van der Waals surface area (Å²) in [6.07, 6.45) is 2.59. The molecule has 1 rings (SSSR count). The number of nitrogens with two attached hydrogens (primary N) is 1. The predicted molar refractivity (Wildman–Crippen MR) is 81.8 cm³/mol. The summed E-state index contributed by atoms with van der Waals surface area (Å²) in [5.41, 5.74) is 6.98. The number of benzene rings is 1. The van der Waals surface area contributed by atoms with Crippen molar-refractivity contribution in [1.82, 2.24) is 5.32 Å². The van der Waals surface area contributed by atoms with Crippen LogP contribution in [0, 0.1) is 5.92 Å². The molecule has 0 spiro atoms. The second kappa shape index (κ2) is 9.13. The SMILES string of the molecule is CCCC(CNC(=O)C(N)CCc1ccccc1)C(=O)O.